The van der Waals surface area contributed by atoms with Gasteiger partial charge in [0.1, 0.15) is 0 Å². The second kappa shape index (κ2) is 9.32. The minimum Gasteiger partial charge on any atom is -0.384 e. The van der Waals surface area contributed by atoms with Crippen molar-refractivity contribution < 1.29 is 4.79 Å². The van der Waals surface area contributed by atoms with E-state index in [0.29, 0.717) is 5.57 Å². The first-order valence-corrected chi connectivity index (χ1v) is 13.3. The van der Waals surface area contributed by atoms with Gasteiger partial charge >= 0.3 is 0 Å². The number of likely N-dealkylation sites (tertiary alicyclic amines) is 1. The lowest BCUT2D eigenvalue weighted by atomic mass is 9.64. The minimum absolute atomic E-state index is 0.00527. The number of nitriles is 1. The maximum absolute atomic E-state index is 14.0. The number of benzene rings is 1. The summed E-state index contributed by atoms with van der Waals surface area (Å²) >= 11 is 0. The highest BCUT2D eigenvalue weighted by molar-refractivity contribution is 6.13. The molecule has 5 rings (SSSR count). The predicted molar refractivity (Wildman–Crippen MR) is 141 cm³/mol. The molecule has 0 aromatic heterocycles. The first-order chi connectivity index (χ1) is 16.8. The molecule has 5 nitrogen and oxygen atoms in total. The molecule has 1 saturated heterocycles. The van der Waals surface area contributed by atoms with Gasteiger partial charge in [0, 0.05) is 58.6 Å². The van der Waals surface area contributed by atoms with Gasteiger partial charge in [0.25, 0.3) is 0 Å². The number of allylic oxidation sites excluding steroid dienone is 5. The van der Waals surface area contributed by atoms with Gasteiger partial charge in [-0.05, 0) is 73.7 Å². The Balaban J connectivity index is 1.49. The van der Waals surface area contributed by atoms with Crippen LogP contribution in [0.25, 0.3) is 0 Å². The van der Waals surface area contributed by atoms with Crippen molar-refractivity contribution in [2.45, 2.75) is 64.8 Å². The Hall–Kier alpha value is -2.84. The normalized spacial score (nSPS) is 27.2. The summed E-state index contributed by atoms with van der Waals surface area (Å²) < 4.78 is 0. The second-order valence-electron chi connectivity index (χ2n) is 11.1. The Morgan fingerprint density at radius 2 is 2.00 bits per heavy atom. The molecule has 0 spiro atoms. The fourth-order valence-electron chi connectivity index (χ4n) is 6.42. The summed E-state index contributed by atoms with van der Waals surface area (Å²) in [7, 11) is 0. The van der Waals surface area contributed by atoms with Gasteiger partial charge in [0.15, 0.2) is 5.78 Å². The molecule has 2 heterocycles. The lowest BCUT2D eigenvalue weighted by molar-refractivity contribution is 0.0997. The largest absolute Gasteiger partial charge is 0.384 e. The van der Waals surface area contributed by atoms with Gasteiger partial charge in [0.05, 0.1) is 6.07 Å². The molecule has 1 aromatic rings. The summed E-state index contributed by atoms with van der Waals surface area (Å²) in [6.45, 7) is 13.2. The van der Waals surface area contributed by atoms with Crippen LogP contribution in [0.5, 0.6) is 0 Å². The molecular formula is C30H38N4O. The number of nitrogens with one attached hydrogen (secondary N) is 2. The van der Waals surface area contributed by atoms with Crippen molar-refractivity contribution in [3.63, 3.8) is 0 Å². The molecule has 1 aromatic carbocycles. The van der Waals surface area contributed by atoms with E-state index in [1.54, 1.807) is 0 Å². The molecule has 3 atom stereocenters. The number of carbonyl (C=O) groups is 1. The fraction of sp³-hybridized carbons (Fsp3) is 0.533. The van der Waals surface area contributed by atoms with Crippen LogP contribution >= 0.6 is 0 Å². The summed E-state index contributed by atoms with van der Waals surface area (Å²) in [5.74, 6) is 0.348. The molecule has 35 heavy (non-hydrogen) atoms. The first-order valence-electron chi connectivity index (χ1n) is 13.3. The van der Waals surface area contributed by atoms with Crippen molar-refractivity contribution in [1.82, 2.24) is 10.2 Å². The Labute approximate surface area is 210 Å². The highest BCUT2D eigenvalue weighted by atomic mass is 16.1. The zero-order valence-electron chi connectivity index (χ0n) is 21.6. The minimum atomic E-state index is -0.330. The van der Waals surface area contributed by atoms with Crippen LogP contribution in [0.2, 0.25) is 0 Å². The quantitative estimate of drug-likeness (QED) is 0.625. The Kier molecular flexibility index (Phi) is 6.36. The zero-order chi connectivity index (χ0) is 24.7. The molecule has 0 amide bonds. The van der Waals surface area contributed by atoms with Crippen molar-refractivity contribution in [3.05, 3.63) is 63.9 Å². The molecule has 2 aliphatic heterocycles. The van der Waals surface area contributed by atoms with E-state index in [-0.39, 0.29) is 29.1 Å². The lowest BCUT2D eigenvalue weighted by Gasteiger charge is -2.46. The number of ketones is 1. The van der Waals surface area contributed by atoms with Crippen molar-refractivity contribution in [2.75, 3.05) is 31.5 Å². The van der Waals surface area contributed by atoms with Crippen LogP contribution in [0.1, 0.15) is 68.4 Å². The third-order valence-corrected chi connectivity index (χ3v) is 8.62. The molecule has 1 fully saturated rings. The second-order valence-corrected chi connectivity index (χ2v) is 11.1. The van der Waals surface area contributed by atoms with Crippen molar-refractivity contribution >= 4 is 11.5 Å². The highest BCUT2D eigenvalue weighted by Gasteiger charge is 2.47. The lowest BCUT2D eigenvalue weighted by Crippen LogP contribution is -2.50. The summed E-state index contributed by atoms with van der Waals surface area (Å²) in [5.41, 5.74) is 6.51. The number of Topliss-reactive ketones (excluding diaryl/α,β-unsaturated/α-hetero) is 1. The van der Waals surface area contributed by atoms with Gasteiger partial charge in [-0.15, -0.1) is 0 Å². The standard InChI is InChI=1S/C30H38N4O/c1-5-21-16-23-24(17-26(21)32-11-14-34-12-7-6-8-13-34)30(3,4)29-27(28(23)35)22-10-9-20(18-31)15-25(33-29)19(22)2/h9-10,15-17,19,22,25,32-33H,5-8,11-14H2,1-4H3. The van der Waals surface area contributed by atoms with Crippen LogP contribution in [0.4, 0.5) is 5.69 Å². The predicted octanol–water partition coefficient (Wildman–Crippen LogP) is 5.12. The number of hydrogen-bond acceptors (Lipinski definition) is 5. The molecule has 4 aliphatic rings. The van der Waals surface area contributed by atoms with E-state index in [4.69, 9.17) is 0 Å². The maximum Gasteiger partial charge on any atom is 0.191 e. The van der Waals surface area contributed by atoms with Crippen LogP contribution in [0, 0.1) is 23.2 Å². The van der Waals surface area contributed by atoms with E-state index in [2.05, 4.69) is 67.5 Å². The fourth-order valence-corrected chi connectivity index (χ4v) is 6.42. The van der Waals surface area contributed by atoms with Gasteiger partial charge in [0.2, 0.25) is 0 Å². The zero-order valence-corrected chi connectivity index (χ0v) is 21.6. The first kappa shape index (κ1) is 23.9. The molecule has 2 aliphatic carbocycles. The summed E-state index contributed by atoms with van der Waals surface area (Å²) in [6.07, 6.45) is 10.8. The maximum atomic E-state index is 14.0. The third-order valence-electron chi connectivity index (χ3n) is 8.62. The monoisotopic (exact) mass is 470 g/mol. The summed E-state index contributed by atoms with van der Waals surface area (Å²) in [5, 5.41) is 16.9. The van der Waals surface area contributed by atoms with E-state index >= 15 is 0 Å². The van der Waals surface area contributed by atoms with Crippen LogP contribution in [0.3, 0.4) is 0 Å². The number of anilines is 1. The molecule has 0 radical (unpaired) electrons. The smallest absolute Gasteiger partial charge is 0.191 e. The Morgan fingerprint density at radius 1 is 1.23 bits per heavy atom. The van der Waals surface area contributed by atoms with Crippen LogP contribution in [-0.4, -0.2) is 42.9 Å². The number of rotatable bonds is 5. The van der Waals surface area contributed by atoms with Gasteiger partial charge < -0.3 is 15.5 Å². The third kappa shape index (κ3) is 4.12. The van der Waals surface area contributed by atoms with Gasteiger partial charge in [-0.3, -0.25) is 4.79 Å². The number of fused-ring (bicyclic) bond motifs is 4. The van der Waals surface area contributed by atoms with E-state index in [9.17, 15) is 10.1 Å². The van der Waals surface area contributed by atoms with Gasteiger partial charge in [-0.1, -0.05) is 40.2 Å². The van der Waals surface area contributed by atoms with Crippen LogP contribution in [0.15, 0.2) is 47.2 Å². The molecule has 184 valence electrons. The summed E-state index contributed by atoms with van der Waals surface area (Å²) in [6, 6.07) is 6.71. The van der Waals surface area contributed by atoms with Gasteiger partial charge in [-0.2, -0.15) is 5.26 Å². The Morgan fingerprint density at radius 3 is 2.71 bits per heavy atom. The van der Waals surface area contributed by atoms with Crippen LogP contribution < -0.4 is 10.6 Å². The van der Waals surface area contributed by atoms with E-state index < -0.39 is 0 Å². The van der Waals surface area contributed by atoms with Gasteiger partial charge in [-0.25, -0.2) is 0 Å². The van der Waals surface area contributed by atoms with Crippen molar-refractivity contribution in [1.29, 1.82) is 5.26 Å². The van der Waals surface area contributed by atoms with Crippen molar-refractivity contribution in [2.24, 2.45) is 11.8 Å². The van der Waals surface area contributed by atoms with E-state index in [1.807, 2.05) is 12.2 Å². The summed E-state index contributed by atoms with van der Waals surface area (Å²) in [4.78, 5) is 16.6. The average Bonchev–Trinajstić information content (AvgIpc) is 2.95. The number of nitrogens with zero attached hydrogens (tertiary/aromatic N) is 2. The molecule has 2 N–H and O–H groups in total. The van der Waals surface area contributed by atoms with Crippen LogP contribution in [-0.2, 0) is 11.8 Å². The number of hydrogen-bond donors (Lipinski definition) is 2. The van der Waals surface area contributed by atoms with E-state index in [1.165, 1.54) is 37.9 Å². The number of carbonyl (C=O) groups excluding carboxylic acids is 1. The average molecular weight is 471 g/mol. The number of piperidine rings is 1. The van der Waals surface area contributed by atoms with E-state index in [0.717, 1.165) is 47.6 Å². The highest BCUT2D eigenvalue weighted by Crippen LogP contribution is 2.48. The Bertz CT molecular complexity index is 1160. The topological polar surface area (TPSA) is 68.2 Å². The van der Waals surface area contributed by atoms with Crippen molar-refractivity contribution in [3.8, 4) is 6.07 Å². The molecule has 3 unspecified atom stereocenters. The molecule has 5 heteroatoms. The molecule has 2 bridgehead atoms. The molecule has 0 saturated carbocycles. The number of aryl methyl sites for hydroxylation is 1. The molecular weight excluding hydrogens is 432 g/mol. The SMILES string of the molecule is CCc1cc2c(cc1NCCN1CCCCC1)C(C)(C)C1=C(C2=O)C2C=CC(C#N)=CC(N1)C2C.